The van der Waals surface area contributed by atoms with E-state index in [1.807, 2.05) is 49.4 Å². The molecule has 2 rings (SSSR count). The van der Waals surface area contributed by atoms with Gasteiger partial charge in [-0.2, -0.15) is 0 Å². The second kappa shape index (κ2) is 9.75. The lowest BCUT2D eigenvalue weighted by Gasteiger charge is -2.13. The van der Waals surface area contributed by atoms with E-state index >= 15 is 0 Å². The molecule has 0 fully saturated rings. The number of para-hydroxylation sites is 2. The van der Waals surface area contributed by atoms with Crippen LogP contribution in [0.2, 0.25) is 5.02 Å². The highest BCUT2D eigenvalue weighted by atomic mass is 35.5. The lowest BCUT2D eigenvalue weighted by Crippen LogP contribution is -2.32. The van der Waals surface area contributed by atoms with Gasteiger partial charge in [0.2, 0.25) is 5.91 Å². The minimum Gasteiger partial charge on any atom is -0.487 e. The van der Waals surface area contributed by atoms with Gasteiger partial charge in [-0.3, -0.25) is 10.1 Å². The van der Waals surface area contributed by atoms with Gasteiger partial charge in [0.1, 0.15) is 12.4 Å². The van der Waals surface area contributed by atoms with Crippen LogP contribution < -0.4 is 15.4 Å². The normalized spacial score (nSPS) is 10.4. The van der Waals surface area contributed by atoms with Gasteiger partial charge >= 0.3 is 0 Å². The van der Waals surface area contributed by atoms with Crippen molar-refractivity contribution in [2.45, 2.75) is 6.92 Å². The molecular weight excluding hydrogens is 368 g/mol. The maximum absolute atomic E-state index is 12.0. The first kappa shape index (κ1) is 19.7. The summed E-state index contributed by atoms with van der Waals surface area (Å²) in [4.78, 5) is 12.0. The van der Waals surface area contributed by atoms with Gasteiger partial charge in [0, 0.05) is 11.1 Å². The van der Waals surface area contributed by atoms with Crippen molar-refractivity contribution in [1.82, 2.24) is 5.32 Å². The molecule has 0 heterocycles. The number of carbonyl (C=O) groups is 1. The van der Waals surface area contributed by atoms with E-state index in [1.54, 1.807) is 12.1 Å². The number of anilines is 1. The molecule has 6 heteroatoms. The van der Waals surface area contributed by atoms with Crippen LogP contribution in [0.25, 0.3) is 6.08 Å². The summed E-state index contributed by atoms with van der Waals surface area (Å²) in [5.74, 6) is 0.265. The van der Waals surface area contributed by atoms with Gasteiger partial charge in [0.05, 0.1) is 5.69 Å². The zero-order valence-corrected chi connectivity index (χ0v) is 15.9. The Labute approximate surface area is 163 Å². The average molecular weight is 387 g/mol. The molecule has 0 aliphatic heterocycles. The minimum atomic E-state index is -0.359. The molecule has 0 aliphatic carbocycles. The summed E-state index contributed by atoms with van der Waals surface area (Å²) in [5, 5.41) is 6.29. The Morgan fingerprint density at radius 2 is 1.92 bits per heavy atom. The van der Waals surface area contributed by atoms with E-state index in [-0.39, 0.29) is 11.0 Å². The Morgan fingerprint density at radius 3 is 2.65 bits per heavy atom. The van der Waals surface area contributed by atoms with E-state index in [9.17, 15) is 4.79 Å². The largest absolute Gasteiger partial charge is 0.487 e. The molecule has 0 bridgehead atoms. The molecule has 0 aromatic heterocycles. The summed E-state index contributed by atoms with van der Waals surface area (Å²) in [6, 6.07) is 14.6. The smallest absolute Gasteiger partial charge is 0.250 e. The Morgan fingerprint density at radius 1 is 1.23 bits per heavy atom. The topological polar surface area (TPSA) is 50.4 Å². The SMILES string of the molecule is C=C(C)COc1ccccc1NC(=S)NC(=O)/C=C/c1ccccc1Cl. The Bertz CT molecular complexity index is 849. The summed E-state index contributed by atoms with van der Waals surface area (Å²) in [6.07, 6.45) is 3.00. The number of carbonyl (C=O) groups excluding carboxylic acids is 1. The summed E-state index contributed by atoms with van der Waals surface area (Å²) >= 11 is 11.2. The van der Waals surface area contributed by atoms with Gasteiger partial charge in [0.25, 0.3) is 0 Å². The first-order chi connectivity index (χ1) is 12.5. The summed E-state index contributed by atoms with van der Waals surface area (Å²) in [5.41, 5.74) is 2.32. The Kier molecular flexibility index (Phi) is 7.38. The fourth-order valence-electron chi connectivity index (χ4n) is 1.98. The molecule has 2 aromatic carbocycles. The standard InChI is InChI=1S/C20H19ClN2O2S/c1-14(2)13-25-18-10-6-5-9-17(18)22-20(26)23-19(24)12-11-15-7-3-4-8-16(15)21/h3-12H,1,13H2,2H3,(H2,22,23,24,26)/b12-11+. The molecule has 2 N–H and O–H groups in total. The number of ether oxygens (including phenoxy) is 1. The number of nitrogens with one attached hydrogen (secondary N) is 2. The Hall–Kier alpha value is -2.63. The van der Waals surface area contributed by atoms with Crippen molar-refractivity contribution >= 4 is 46.6 Å². The molecule has 134 valence electrons. The van der Waals surface area contributed by atoms with Crippen LogP contribution in [-0.4, -0.2) is 17.6 Å². The first-order valence-corrected chi connectivity index (χ1v) is 8.65. The summed E-state index contributed by atoms with van der Waals surface area (Å²) in [6.45, 7) is 6.09. The molecule has 0 saturated carbocycles. The van der Waals surface area contributed by atoms with E-state index in [4.69, 9.17) is 28.6 Å². The minimum absolute atomic E-state index is 0.171. The van der Waals surface area contributed by atoms with Crippen LogP contribution in [0.1, 0.15) is 12.5 Å². The van der Waals surface area contributed by atoms with Crippen LogP contribution >= 0.6 is 23.8 Å². The molecular formula is C20H19ClN2O2S. The van der Waals surface area contributed by atoms with Crippen molar-refractivity contribution in [2.75, 3.05) is 11.9 Å². The fourth-order valence-corrected chi connectivity index (χ4v) is 2.39. The van der Waals surface area contributed by atoms with Crippen LogP contribution in [0.15, 0.2) is 66.8 Å². The van der Waals surface area contributed by atoms with Crippen molar-refractivity contribution < 1.29 is 9.53 Å². The highest BCUT2D eigenvalue weighted by Gasteiger charge is 2.07. The van der Waals surface area contributed by atoms with Crippen LogP contribution in [0.5, 0.6) is 5.75 Å². The third-order valence-corrected chi connectivity index (χ3v) is 3.71. The number of benzene rings is 2. The molecule has 0 saturated heterocycles. The average Bonchev–Trinajstić information content (AvgIpc) is 2.60. The predicted octanol–water partition coefficient (Wildman–Crippen LogP) is 4.82. The summed E-state index contributed by atoms with van der Waals surface area (Å²) < 4.78 is 5.66. The van der Waals surface area contributed by atoms with Gasteiger partial charge in [-0.05, 0) is 54.6 Å². The van der Waals surface area contributed by atoms with Crippen molar-refractivity contribution in [3.8, 4) is 5.75 Å². The van der Waals surface area contributed by atoms with Gasteiger partial charge in [-0.25, -0.2) is 0 Å². The van der Waals surface area contributed by atoms with Crippen LogP contribution in [0, 0.1) is 0 Å². The molecule has 0 spiro atoms. The van der Waals surface area contributed by atoms with Crippen LogP contribution in [0.4, 0.5) is 5.69 Å². The maximum atomic E-state index is 12.0. The molecule has 0 radical (unpaired) electrons. The fraction of sp³-hybridized carbons (Fsp3) is 0.100. The highest BCUT2D eigenvalue weighted by Crippen LogP contribution is 2.24. The van der Waals surface area contributed by atoms with Crippen molar-refractivity contribution in [1.29, 1.82) is 0 Å². The lowest BCUT2D eigenvalue weighted by atomic mass is 10.2. The van der Waals surface area contributed by atoms with E-state index < -0.39 is 0 Å². The molecule has 0 unspecified atom stereocenters. The third-order valence-electron chi connectivity index (χ3n) is 3.17. The molecule has 26 heavy (non-hydrogen) atoms. The first-order valence-electron chi connectivity index (χ1n) is 7.86. The number of amides is 1. The third kappa shape index (κ3) is 6.35. The van der Waals surface area contributed by atoms with Crippen LogP contribution in [-0.2, 0) is 4.79 Å². The highest BCUT2D eigenvalue weighted by molar-refractivity contribution is 7.80. The quantitative estimate of drug-likeness (QED) is 0.424. The number of rotatable bonds is 6. The number of hydrogen-bond acceptors (Lipinski definition) is 3. The monoisotopic (exact) mass is 386 g/mol. The maximum Gasteiger partial charge on any atom is 0.250 e. The van der Waals surface area contributed by atoms with Crippen LogP contribution in [0.3, 0.4) is 0 Å². The molecule has 2 aromatic rings. The Balaban J connectivity index is 1.95. The molecule has 0 atom stereocenters. The zero-order valence-electron chi connectivity index (χ0n) is 14.3. The lowest BCUT2D eigenvalue weighted by molar-refractivity contribution is -0.115. The molecule has 4 nitrogen and oxygen atoms in total. The second-order valence-corrected chi connectivity index (χ2v) is 6.36. The van der Waals surface area contributed by atoms with Gasteiger partial charge < -0.3 is 10.1 Å². The van der Waals surface area contributed by atoms with Gasteiger partial charge in [-0.15, -0.1) is 0 Å². The van der Waals surface area contributed by atoms with E-state index in [2.05, 4.69) is 17.2 Å². The molecule has 0 aliphatic rings. The predicted molar refractivity (Wildman–Crippen MR) is 112 cm³/mol. The van der Waals surface area contributed by atoms with Gasteiger partial charge in [0.15, 0.2) is 5.11 Å². The zero-order chi connectivity index (χ0) is 18.9. The van der Waals surface area contributed by atoms with Crippen molar-refractivity contribution in [2.24, 2.45) is 0 Å². The number of hydrogen-bond donors (Lipinski definition) is 2. The van der Waals surface area contributed by atoms with E-state index in [0.717, 1.165) is 11.1 Å². The van der Waals surface area contributed by atoms with E-state index in [0.29, 0.717) is 23.1 Å². The molecule has 1 amide bonds. The van der Waals surface area contributed by atoms with Gasteiger partial charge in [-0.1, -0.05) is 48.5 Å². The number of thiocarbonyl (C=S) groups is 1. The summed E-state index contributed by atoms with van der Waals surface area (Å²) in [7, 11) is 0. The number of halogens is 1. The second-order valence-electron chi connectivity index (χ2n) is 5.54. The van der Waals surface area contributed by atoms with Crippen molar-refractivity contribution in [3.63, 3.8) is 0 Å². The van der Waals surface area contributed by atoms with E-state index in [1.165, 1.54) is 6.08 Å². The van der Waals surface area contributed by atoms with Crippen molar-refractivity contribution in [3.05, 3.63) is 77.3 Å².